The molecule has 2 saturated carbocycles. The van der Waals surface area contributed by atoms with Gasteiger partial charge >= 0.3 is 0 Å². The summed E-state index contributed by atoms with van der Waals surface area (Å²) in [6, 6.07) is 13.3. The Hall–Kier alpha value is -2.88. The average Bonchev–Trinajstić information content (AvgIpc) is 3.02. The Morgan fingerprint density at radius 1 is 0.619 bits per heavy atom. The molecule has 0 aromatic heterocycles. The minimum Gasteiger partial charge on any atom is -0.203 e. The minimum atomic E-state index is -0.866. The first-order chi connectivity index (χ1) is 20.4. The summed E-state index contributed by atoms with van der Waals surface area (Å²) in [5.41, 5.74) is 2.24. The lowest BCUT2D eigenvalue weighted by molar-refractivity contribution is 0.170. The second kappa shape index (κ2) is 14.1. The summed E-state index contributed by atoms with van der Waals surface area (Å²) in [4.78, 5) is 0. The highest BCUT2D eigenvalue weighted by atomic mass is 19.2. The zero-order valence-electron chi connectivity index (χ0n) is 25.1. The van der Waals surface area contributed by atoms with Crippen LogP contribution in [0.2, 0.25) is 0 Å². The number of allylic oxidation sites excluding steroid dienone is 2. The van der Waals surface area contributed by atoms with Crippen molar-refractivity contribution in [2.45, 2.75) is 96.8 Å². The number of hydrogen-bond acceptors (Lipinski definition) is 0. The maximum atomic E-state index is 15.4. The van der Waals surface area contributed by atoms with Crippen LogP contribution in [0.4, 0.5) is 17.6 Å². The Balaban J connectivity index is 1.24. The molecule has 0 bridgehead atoms. The zero-order valence-corrected chi connectivity index (χ0v) is 25.1. The van der Waals surface area contributed by atoms with Gasteiger partial charge in [0.1, 0.15) is 0 Å². The van der Waals surface area contributed by atoms with Crippen molar-refractivity contribution >= 4 is 0 Å². The van der Waals surface area contributed by atoms with E-state index in [4.69, 9.17) is 0 Å². The van der Waals surface area contributed by atoms with Crippen LogP contribution in [0.25, 0.3) is 22.3 Å². The van der Waals surface area contributed by atoms with Crippen molar-refractivity contribution in [2.24, 2.45) is 17.8 Å². The number of benzene rings is 3. The highest BCUT2D eigenvalue weighted by Gasteiger charge is 2.32. The van der Waals surface area contributed by atoms with Gasteiger partial charge in [0.05, 0.1) is 0 Å². The first-order valence-corrected chi connectivity index (χ1v) is 16.1. The first-order valence-electron chi connectivity index (χ1n) is 16.1. The second-order valence-electron chi connectivity index (χ2n) is 12.6. The normalized spacial score (nSPS) is 23.0. The maximum Gasteiger partial charge on any atom is 0.166 e. The smallest absolute Gasteiger partial charge is 0.166 e. The van der Waals surface area contributed by atoms with Gasteiger partial charge in [-0.05, 0) is 117 Å². The van der Waals surface area contributed by atoms with E-state index < -0.39 is 23.3 Å². The Labute approximate surface area is 249 Å². The van der Waals surface area contributed by atoms with Crippen LogP contribution < -0.4 is 0 Å². The number of aryl methyl sites for hydroxylation is 1. The summed E-state index contributed by atoms with van der Waals surface area (Å²) in [5.74, 6) is -1.00. The molecule has 0 radical (unpaired) electrons. The molecule has 0 N–H and O–H groups in total. The van der Waals surface area contributed by atoms with Crippen LogP contribution in [0, 0.1) is 41.0 Å². The lowest BCUT2D eigenvalue weighted by Crippen LogP contribution is -2.25. The SMILES string of the molecule is CC=CC1CCC(C2CCC(c3ccc(-c4ccc(-c5ccc(CCCCC)c(F)c5F)cc4)c(F)c3F)CC2)CC1. The lowest BCUT2D eigenvalue weighted by Gasteiger charge is -2.37. The molecule has 2 aliphatic carbocycles. The van der Waals surface area contributed by atoms with Crippen molar-refractivity contribution < 1.29 is 17.6 Å². The van der Waals surface area contributed by atoms with Gasteiger partial charge in [0.25, 0.3) is 0 Å². The average molecular weight is 577 g/mol. The summed E-state index contributed by atoms with van der Waals surface area (Å²) in [6.07, 6.45) is 16.9. The van der Waals surface area contributed by atoms with Gasteiger partial charge in [-0.3, -0.25) is 0 Å². The van der Waals surface area contributed by atoms with E-state index in [1.165, 1.54) is 25.7 Å². The molecule has 224 valence electrons. The van der Waals surface area contributed by atoms with Gasteiger partial charge in [-0.2, -0.15) is 0 Å². The molecule has 42 heavy (non-hydrogen) atoms. The third-order valence-electron chi connectivity index (χ3n) is 9.99. The van der Waals surface area contributed by atoms with Gasteiger partial charge in [0.15, 0.2) is 23.3 Å². The Morgan fingerprint density at radius 3 is 1.74 bits per heavy atom. The molecule has 4 heteroatoms. The van der Waals surface area contributed by atoms with Gasteiger partial charge in [-0.1, -0.05) is 80.4 Å². The summed E-state index contributed by atoms with van der Waals surface area (Å²) < 4.78 is 60.4. The van der Waals surface area contributed by atoms with E-state index in [0.717, 1.165) is 56.8 Å². The number of unbranched alkanes of at least 4 members (excludes halogenated alkanes) is 2. The molecule has 3 aromatic rings. The summed E-state index contributed by atoms with van der Waals surface area (Å²) >= 11 is 0. The van der Waals surface area contributed by atoms with Crippen LogP contribution in [0.1, 0.15) is 102 Å². The van der Waals surface area contributed by atoms with Crippen molar-refractivity contribution in [3.05, 3.63) is 95.1 Å². The number of halogens is 4. The van der Waals surface area contributed by atoms with Crippen molar-refractivity contribution in [3.63, 3.8) is 0 Å². The van der Waals surface area contributed by atoms with Crippen LogP contribution in [-0.2, 0) is 6.42 Å². The van der Waals surface area contributed by atoms with Gasteiger partial charge in [0, 0.05) is 11.1 Å². The van der Waals surface area contributed by atoms with E-state index in [0.29, 0.717) is 34.6 Å². The molecule has 0 heterocycles. The quantitative estimate of drug-likeness (QED) is 0.135. The Kier molecular flexibility index (Phi) is 10.2. The molecule has 0 spiro atoms. The standard InChI is InChI=1S/C38H44F4/c1-3-5-6-8-31-21-22-32(36(40)35(31)39)29-17-19-30(20-18-29)34-24-23-33(37(41)38(34)42)28-15-13-27(14-16-28)26-11-9-25(7-4-2)10-12-26/h4,7,17-28H,3,5-6,8-16H2,1-2H3. The van der Waals surface area contributed by atoms with E-state index in [1.54, 1.807) is 48.5 Å². The maximum absolute atomic E-state index is 15.4. The van der Waals surface area contributed by atoms with Gasteiger partial charge in [-0.15, -0.1) is 0 Å². The zero-order chi connectivity index (χ0) is 29.6. The van der Waals surface area contributed by atoms with Crippen LogP contribution >= 0.6 is 0 Å². The van der Waals surface area contributed by atoms with E-state index in [2.05, 4.69) is 26.0 Å². The fourth-order valence-electron chi connectivity index (χ4n) is 7.49. The molecule has 0 unspecified atom stereocenters. The Morgan fingerprint density at radius 2 is 1.17 bits per heavy atom. The van der Waals surface area contributed by atoms with Gasteiger partial charge < -0.3 is 0 Å². The number of hydrogen-bond donors (Lipinski definition) is 0. The highest BCUT2D eigenvalue weighted by molar-refractivity contribution is 5.71. The molecule has 3 aromatic carbocycles. The molecule has 2 fully saturated rings. The summed E-state index contributed by atoms with van der Waals surface area (Å²) in [6.45, 7) is 4.17. The molecule has 5 rings (SSSR count). The van der Waals surface area contributed by atoms with Crippen molar-refractivity contribution in [3.8, 4) is 22.3 Å². The molecule has 2 aliphatic rings. The van der Waals surface area contributed by atoms with Gasteiger partial charge in [-0.25, -0.2) is 17.6 Å². The molecule has 0 aliphatic heterocycles. The molecular weight excluding hydrogens is 532 g/mol. The van der Waals surface area contributed by atoms with Crippen LogP contribution in [-0.4, -0.2) is 0 Å². The van der Waals surface area contributed by atoms with Crippen LogP contribution in [0.5, 0.6) is 0 Å². The van der Waals surface area contributed by atoms with E-state index in [-0.39, 0.29) is 17.0 Å². The second-order valence-corrected chi connectivity index (χ2v) is 12.6. The minimum absolute atomic E-state index is 0.0503. The largest absolute Gasteiger partial charge is 0.203 e. The molecule has 0 amide bonds. The summed E-state index contributed by atoms with van der Waals surface area (Å²) in [7, 11) is 0. The van der Waals surface area contributed by atoms with E-state index in [1.807, 2.05) is 0 Å². The Bertz CT molecular complexity index is 1360. The fraction of sp³-hybridized carbons (Fsp3) is 0.474. The van der Waals surface area contributed by atoms with Crippen molar-refractivity contribution in [2.75, 3.05) is 0 Å². The fourth-order valence-corrected chi connectivity index (χ4v) is 7.49. The third-order valence-corrected chi connectivity index (χ3v) is 9.99. The van der Waals surface area contributed by atoms with Crippen molar-refractivity contribution in [1.29, 1.82) is 0 Å². The van der Waals surface area contributed by atoms with Crippen LogP contribution in [0.3, 0.4) is 0 Å². The lowest BCUT2D eigenvalue weighted by atomic mass is 9.68. The highest BCUT2D eigenvalue weighted by Crippen LogP contribution is 2.45. The van der Waals surface area contributed by atoms with Gasteiger partial charge in [0.2, 0.25) is 0 Å². The van der Waals surface area contributed by atoms with E-state index >= 15 is 8.78 Å². The monoisotopic (exact) mass is 576 g/mol. The van der Waals surface area contributed by atoms with E-state index in [9.17, 15) is 8.78 Å². The molecule has 0 atom stereocenters. The van der Waals surface area contributed by atoms with Crippen molar-refractivity contribution in [1.82, 2.24) is 0 Å². The molecule has 0 saturated heterocycles. The van der Waals surface area contributed by atoms with Crippen LogP contribution in [0.15, 0.2) is 60.7 Å². The summed E-state index contributed by atoms with van der Waals surface area (Å²) in [5, 5.41) is 0. The predicted molar refractivity (Wildman–Crippen MR) is 165 cm³/mol. The number of rotatable bonds is 9. The molecule has 0 nitrogen and oxygen atoms in total. The topological polar surface area (TPSA) is 0 Å². The first kappa shape index (κ1) is 30.6. The molecular formula is C38H44F4. The predicted octanol–water partition coefficient (Wildman–Crippen LogP) is 12.0. The third kappa shape index (κ3) is 6.68.